The molecule has 2 aliphatic rings. The van der Waals surface area contributed by atoms with Crippen LogP contribution in [-0.2, 0) is 17.6 Å². The smallest absolute Gasteiger partial charge is 0.231 e. The van der Waals surface area contributed by atoms with Gasteiger partial charge in [0, 0.05) is 25.2 Å². The first-order valence-corrected chi connectivity index (χ1v) is 9.60. The Bertz CT molecular complexity index is 841. The van der Waals surface area contributed by atoms with Gasteiger partial charge in [0.2, 0.25) is 12.7 Å². The van der Waals surface area contributed by atoms with Gasteiger partial charge in [-0.25, -0.2) is 0 Å². The Kier molecular flexibility index (Phi) is 4.58. The lowest BCUT2D eigenvalue weighted by atomic mass is 9.76. The van der Waals surface area contributed by atoms with Crippen LogP contribution in [0.15, 0.2) is 18.2 Å². The average molecular weight is 369 g/mol. The molecule has 0 aliphatic carbocycles. The third-order valence-electron chi connectivity index (χ3n) is 5.85. The number of aryl methyl sites for hydroxylation is 2. The Balaban J connectivity index is 1.43. The molecule has 144 valence electrons. The number of nitrogens with one attached hydrogen (secondary N) is 1. The monoisotopic (exact) mass is 369 g/mol. The fourth-order valence-electron chi connectivity index (χ4n) is 4.28. The number of carbonyl (C=O) groups is 1. The highest BCUT2D eigenvalue weighted by Gasteiger charge is 2.35. The standard InChI is InChI=1S/C21H27N3O3/c1-14-17(15(2)23-22-14)7-9-24-12-21(3,8-6-20(24)25)11-16-4-5-18-19(10-16)27-13-26-18/h4-5,10H,6-9,11-13H2,1-3H3,(H,22,23)/t21-/m1/s1. The minimum Gasteiger partial charge on any atom is -0.454 e. The van der Waals surface area contributed by atoms with E-state index in [1.807, 2.05) is 24.8 Å². The van der Waals surface area contributed by atoms with Gasteiger partial charge in [-0.15, -0.1) is 0 Å². The quantitative estimate of drug-likeness (QED) is 0.879. The SMILES string of the molecule is Cc1n[nH]c(C)c1CCN1C[C@@](C)(Cc2ccc3c(c2)OCO3)CCC1=O. The van der Waals surface area contributed by atoms with Crippen LogP contribution in [-0.4, -0.2) is 40.9 Å². The second kappa shape index (κ2) is 6.91. The zero-order valence-corrected chi connectivity index (χ0v) is 16.3. The molecule has 0 saturated carbocycles. The van der Waals surface area contributed by atoms with E-state index >= 15 is 0 Å². The molecule has 1 aromatic heterocycles. The third kappa shape index (κ3) is 3.66. The number of likely N-dealkylation sites (tertiary alicyclic amines) is 1. The molecule has 1 saturated heterocycles. The molecule has 4 rings (SSSR count). The van der Waals surface area contributed by atoms with Crippen molar-refractivity contribution in [3.05, 3.63) is 40.7 Å². The molecule has 1 atom stereocenters. The van der Waals surface area contributed by atoms with Crippen LogP contribution < -0.4 is 9.47 Å². The Morgan fingerprint density at radius 3 is 2.85 bits per heavy atom. The summed E-state index contributed by atoms with van der Waals surface area (Å²) in [7, 11) is 0. The maximum absolute atomic E-state index is 12.5. The number of carbonyl (C=O) groups excluding carboxylic acids is 1. The van der Waals surface area contributed by atoms with E-state index in [1.54, 1.807) is 0 Å². The largest absolute Gasteiger partial charge is 0.454 e. The van der Waals surface area contributed by atoms with Gasteiger partial charge in [-0.3, -0.25) is 9.89 Å². The van der Waals surface area contributed by atoms with Crippen LogP contribution in [0.1, 0.15) is 42.3 Å². The van der Waals surface area contributed by atoms with Gasteiger partial charge in [0.15, 0.2) is 11.5 Å². The van der Waals surface area contributed by atoms with Crippen molar-refractivity contribution in [2.75, 3.05) is 19.9 Å². The number of hydrogen-bond acceptors (Lipinski definition) is 4. The van der Waals surface area contributed by atoms with Crippen LogP contribution in [0.2, 0.25) is 0 Å². The van der Waals surface area contributed by atoms with Crippen molar-refractivity contribution in [1.29, 1.82) is 0 Å². The summed E-state index contributed by atoms with van der Waals surface area (Å²) < 4.78 is 10.9. The van der Waals surface area contributed by atoms with Crippen LogP contribution in [0, 0.1) is 19.3 Å². The van der Waals surface area contributed by atoms with E-state index in [0.717, 1.165) is 55.2 Å². The van der Waals surface area contributed by atoms with Gasteiger partial charge >= 0.3 is 0 Å². The topological polar surface area (TPSA) is 67.5 Å². The van der Waals surface area contributed by atoms with Gasteiger partial charge in [0.05, 0.1) is 5.69 Å². The lowest BCUT2D eigenvalue weighted by Gasteiger charge is -2.40. The van der Waals surface area contributed by atoms with Crippen molar-refractivity contribution >= 4 is 5.91 Å². The lowest BCUT2D eigenvalue weighted by Crippen LogP contribution is -2.46. The molecule has 1 aromatic carbocycles. The molecule has 0 radical (unpaired) electrons. The lowest BCUT2D eigenvalue weighted by molar-refractivity contribution is -0.137. The normalized spacial score (nSPS) is 21.7. The highest BCUT2D eigenvalue weighted by molar-refractivity contribution is 5.77. The van der Waals surface area contributed by atoms with Gasteiger partial charge in [-0.05, 0) is 61.8 Å². The number of ether oxygens (including phenoxy) is 2. The highest BCUT2D eigenvalue weighted by Crippen LogP contribution is 2.38. The van der Waals surface area contributed by atoms with E-state index < -0.39 is 0 Å². The Morgan fingerprint density at radius 2 is 2.07 bits per heavy atom. The third-order valence-corrected chi connectivity index (χ3v) is 5.85. The summed E-state index contributed by atoms with van der Waals surface area (Å²) in [6.45, 7) is 8.17. The summed E-state index contributed by atoms with van der Waals surface area (Å²) in [5.41, 5.74) is 4.66. The molecule has 0 spiro atoms. The number of aromatic nitrogens is 2. The summed E-state index contributed by atoms with van der Waals surface area (Å²) in [6.07, 6.45) is 3.31. The second-order valence-electron chi connectivity index (χ2n) is 8.15. The molecule has 0 unspecified atom stereocenters. The summed E-state index contributed by atoms with van der Waals surface area (Å²) in [5, 5.41) is 7.29. The molecular weight excluding hydrogens is 342 g/mol. The van der Waals surface area contributed by atoms with Crippen LogP contribution in [0.5, 0.6) is 11.5 Å². The molecule has 0 bridgehead atoms. The summed E-state index contributed by atoms with van der Waals surface area (Å²) >= 11 is 0. The van der Waals surface area contributed by atoms with E-state index in [-0.39, 0.29) is 11.3 Å². The molecular formula is C21H27N3O3. The van der Waals surface area contributed by atoms with E-state index in [1.165, 1.54) is 11.1 Å². The minimum atomic E-state index is 0.0715. The predicted octanol–water partition coefficient (Wildman–Crippen LogP) is 3.17. The first-order valence-electron chi connectivity index (χ1n) is 9.60. The van der Waals surface area contributed by atoms with Gasteiger partial charge < -0.3 is 14.4 Å². The van der Waals surface area contributed by atoms with Crippen LogP contribution in [0.25, 0.3) is 0 Å². The zero-order chi connectivity index (χ0) is 19.0. The van der Waals surface area contributed by atoms with Crippen molar-refractivity contribution in [1.82, 2.24) is 15.1 Å². The molecule has 1 fully saturated rings. The fraction of sp³-hybridized carbons (Fsp3) is 0.524. The summed E-state index contributed by atoms with van der Waals surface area (Å²) in [6, 6.07) is 6.17. The highest BCUT2D eigenvalue weighted by atomic mass is 16.7. The number of H-pyrrole nitrogens is 1. The van der Waals surface area contributed by atoms with Crippen molar-refractivity contribution in [2.24, 2.45) is 5.41 Å². The van der Waals surface area contributed by atoms with E-state index in [2.05, 4.69) is 29.3 Å². The van der Waals surface area contributed by atoms with E-state index in [0.29, 0.717) is 13.2 Å². The Labute approximate surface area is 159 Å². The number of benzene rings is 1. The average Bonchev–Trinajstić information content (AvgIpc) is 3.22. The Morgan fingerprint density at radius 1 is 1.26 bits per heavy atom. The molecule has 6 heteroatoms. The van der Waals surface area contributed by atoms with Crippen molar-refractivity contribution < 1.29 is 14.3 Å². The zero-order valence-electron chi connectivity index (χ0n) is 16.3. The van der Waals surface area contributed by atoms with Gasteiger partial charge in [0.1, 0.15) is 0 Å². The maximum atomic E-state index is 12.5. The molecule has 6 nitrogen and oxygen atoms in total. The van der Waals surface area contributed by atoms with Crippen LogP contribution >= 0.6 is 0 Å². The summed E-state index contributed by atoms with van der Waals surface area (Å²) in [5.74, 6) is 1.90. The fourth-order valence-corrected chi connectivity index (χ4v) is 4.28. The van der Waals surface area contributed by atoms with Gasteiger partial charge in [-0.2, -0.15) is 5.10 Å². The van der Waals surface area contributed by atoms with Gasteiger partial charge in [0.25, 0.3) is 0 Å². The molecule has 1 N–H and O–H groups in total. The second-order valence-corrected chi connectivity index (χ2v) is 8.15. The number of amides is 1. The molecule has 2 aromatic rings. The van der Waals surface area contributed by atoms with Crippen molar-refractivity contribution in [2.45, 2.75) is 46.5 Å². The molecule has 27 heavy (non-hydrogen) atoms. The first-order chi connectivity index (χ1) is 12.9. The molecule has 1 amide bonds. The van der Waals surface area contributed by atoms with Crippen LogP contribution in [0.4, 0.5) is 0 Å². The number of rotatable bonds is 5. The number of nitrogens with zero attached hydrogens (tertiary/aromatic N) is 2. The number of hydrogen-bond donors (Lipinski definition) is 1. The Hall–Kier alpha value is -2.50. The number of aromatic amines is 1. The minimum absolute atomic E-state index is 0.0715. The van der Waals surface area contributed by atoms with Crippen molar-refractivity contribution in [3.63, 3.8) is 0 Å². The van der Waals surface area contributed by atoms with E-state index in [4.69, 9.17) is 9.47 Å². The summed E-state index contributed by atoms with van der Waals surface area (Å²) in [4.78, 5) is 14.5. The predicted molar refractivity (Wildman–Crippen MR) is 102 cm³/mol. The van der Waals surface area contributed by atoms with Gasteiger partial charge in [-0.1, -0.05) is 13.0 Å². The molecule has 3 heterocycles. The maximum Gasteiger partial charge on any atom is 0.231 e. The molecule has 2 aliphatic heterocycles. The number of fused-ring (bicyclic) bond motifs is 1. The first kappa shape index (κ1) is 17.9. The van der Waals surface area contributed by atoms with Crippen LogP contribution in [0.3, 0.4) is 0 Å². The van der Waals surface area contributed by atoms with E-state index in [9.17, 15) is 4.79 Å². The number of piperidine rings is 1. The van der Waals surface area contributed by atoms with Crippen molar-refractivity contribution in [3.8, 4) is 11.5 Å².